The summed E-state index contributed by atoms with van der Waals surface area (Å²) in [7, 11) is 1.79. The van der Waals surface area contributed by atoms with E-state index in [4.69, 9.17) is 15.2 Å². The van der Waals surface area contributed by atoms with Crippen LogP contribution in [0.3, 0.4) is 0 Å². The zero-order valence-electron chi connectivity index (χ0n) is 17.6. The number of nitrogens with two attached hydrogens (primary N) is 1. The van der Waals surface area contributed by atoms with Gasteiger partial charge in [0, 0.05) is 45.9 Å². The highest BCUT2D eigenvalue weighted by atomic mass is 127. The van der Waals surface area contributed by atoms with E-state index in [1.807, 2.05) is 24.3 Å². The molecule has 0 bridgehead atoms. The van der Waals surface area contributed by atoms with Crippen LogP contribution >= 0.6 is 24.0 Å². The fraction of sp³-hybridized carbons (Fsp3) is 0.619. The minimum Gasteiger partial charge on any atom is -0.484 e. The van der Waals surface area contributed by atoms with Crippen LogP contribution in [0.25, 0.3) is 0 Å². The molecule has 2 aliphatic heterocycles. The topological polar surface area (TPSA) is 101 Å². The molecule has 0 spiro atoms. The number of nitrogens with one attached hydrogen (secondary N) is 2. The monoisotopic (exact) mass is 531 g/mol. The summed E-state index contributed by atoms with van der Waals surface area (Å²) in [4.78, 5) is 17.8. The van der Waals surface area contributed by atoms with E-state index in [1.165, 1.54) is 6.42 Å². The van der Waals surface area contributed by atoms with Gasteiger partial charge in [0.05, 0.1) is 6.61 Å². The number of rotatable bonds is 8. The number of ether oxygens (including phenoxy) is 2. The summed E-state index contributed by atoms with van der Waals surface area (Å²) in [5.41, 5.74) is 6.17. The summed E-state index contributed by atoms with van der Waals surface area (Å²) >= 11 is 0. The van der Waals surface area contributed by atoms with Gasteiger partial charge in [-0.1, -0.05) is 12.1 Å². The molecule has 168 valence electrons. The van der Waals surface area contributed by atoms with Gasteiger partial charge in [-0.15, -0.1) is 24.0 Å². The number of carbonyl (C=O) groups is 1. The van der Waals surface area contributed by atoms with Crippen LogP contribution < -0.4 is 21.1 Å². The van der Waals surface area contributed by atoms with E-state index in [1.54, 1.807) is 7.05 Å². The highest BCUT2D eigenvalue weighted by Crippen LogP contribution is 2.18. The smallest absolute Gasteiger partial charge is 0.255 e. The van der Waals surface area contributed by atoms with Gasteiger partial charge >= 0.3 is 0 Å². The van der Waals surface area contributed by atoms with E-state index >= 15 is 0 Å². The average molecular weight is 531 g/mol. The molecule has 4 N–H and O–H groups in total. The third-order valence-electron chi connectivity index (χ3n) is 5.43. The Bertz CT molecular complexity index is 689. The molecule has 0 saturated carbocycles. The highest BCUT2D eigenvalue weighted by Gasteiger charge is 2.24. The summed E-state index contributed by atoms with van der Waals surface area (Å²) in [6, 6.07) is 8.04. The molecule has 1 aromatic carbocycles. The van der Waals surface area contributed by atoms with Crippen molar-refractivity contribution in [3.8, 4) is 5.75 Å². The molecule has 8 nitrogen and oxygen atoms in total. The molecule has 2 fully saturated rings. The number of piperidine rings is 1. The number of benzene rings is 1. The van der Waals surface area contributed by atoms with Gasteiger partial charge < -0.3 is 30.7 Å². The second-order valence-electron chi connectivity index (χ2n) is 7.78. The van der Waals surface area contributed by atoms with Crippen molar-refractivity contribution in [3.05, 3.63) is 29.8 Å². The Balaban J connectivity index is 0.00000320. The van der Waals surface area contributed by atoms with Gasteiger partial charge in [-0.05, 0) is 42.9 Å². The van der Waals surface area contributed by atoms with Gasteiger partial charge in [-0.25, -0.2) is 0 Å². The molecular formula is C21H34IN5O3. The molecule has 1 atom stereocenters. The maximum absolute atomic E-state index is 10.9. The third kappa shape index (κ3) is 8.27. The molecule has 3 rings (SSSR count). The number of likely N-dealkylation sites (tertiary alicyclic amines) is 1. The van der Waals surface area contributed by atoms with Crippen molar-refractivity contribution < 1.29 is 14.3 Å². The van der Waals surface area contributed by atoms with Crippen molar-refractivity contribution in [2.24, 2.45) is 16.6 Å². The molecule has 1 amide bonds. The van der Waals surface area contributed by atoms with Crippen LogP contribution in [0, 0.1) is 5.92 Å². The maximum atomic E-state index is 10.9. The summed E-state index contributed by atoms with van der Waals surface area (Å²) in [6.07, 6.45) is 3.43. The molecule has 2 heterocycles. The Morgan fingerprint density at radius 3 is 2.80 bits per heavy atom. The molecule has 0 aromatic heterocycles. The maximum Gasteiger partial charge on any atom is 0.255 e. The molecule has 0 aliphatic carbocycles. The number of amides is 1. The largest absolute Gasteiger partial charge is 0.484 e. The summed E-state index contributed by atoms with van der Waals surface area (Å²) in [5, 5.41) is 6.90. The third-order valence-corrected chi connectivity index (χ3v) is 5.43. The molecule has 0 radical (unpaired) electrons. The van der Waals surface area contributed by atoms with Gasteiger partial charge in [-0.2, -0.15) is 0 Å². The first kappa shape index (κ1) is 24.7. The first-order valence-corrected chi connectivity index (χ1v) is 10.4. The van der Waals surface area contributed by atoms with Gasteiger partial charge in [0.2, 0.25) is 0 Å². The first-order valence-electron chi connectivity index (χ1n) is 10.4. The quantitative estimate of drug-likeness (QED) is 0.266. The molecular weight excluding hydrogens is 497 g/mol. The van der Waals surface area contributed by atoms with Crippen LogP contribution in [-0.2, 0) is 16.1 Å². The van der Waals surface area contributed by atoms with Crippen molar-refractivity contribution >= 4 is 35.8 Å². The van der Waals surface area contributed by atoms with E-state index in [0.29, 0.717) is 24.3 Å². The van der Waals surface area contributed by atoms with Crippen molar-refractivity contribution in [1.29, 1.82) is 0 Å². The lowest BCUT2D eigenvalue weighted by molar-refractivity contribution is -0.119. The SMILES string of the molecule is CN=C(NCc1cccc(OCC(N)=O)c1)NC1CCN(CC2CCOC2)CC1.I. The van der Waals surface area contributed by atoms with Gasteiger partial charge in [0.1, 0.15) is 5.75 Å². The van der Waals surface area contributed by atoms with E-state index in [2.05, 4.69) is 20.5 Å². The Labute approximate surface area is 196 Å². The predicted octanol–water partition coefficient (Wildman–Crippen LogP) is 1.33. The molecule has 1 unspecified atom stereocenters. The molecule has 2 saturated heterocycles. The Hall–Kier alpha value is -1.59. The Morgan fingerprint density at radius 2 is 2.13 bits per heavy atom. The van der Waals surface area contributed by atoms with E-state index in [0.717, 1.165) is 57.2 Å². The van der Waals surface area contributed by atoms with Gasteiger partial charge in [-0.3, -0.25) is 9.79 Å². The fourth-order valence-corrected chi connectivity index (χ4v) is 3.83. The number of hydrogen-bond donors (Lipinski definition) is 3. The van der Waals surface area contributed by atoms with E-state index in [-0.39, 0.29) is 30.6 Å². The molecule has 2 aliphatic rings. The van der Waals surface area contributed by atoms with Crippen molar-refractivity contribution in [2.45, 2.75) is 31.8 Å². The van der Waals surface area contributed by atoms with Crippen LogP contribution in [0.15, 0.2) is 29.3 Å². The van der Waals surface area contributed by atoms with E-state index in [9.17, 15) is 4.79 Å². The normalized spacial score (nSPS) is 20.4. The Kier molecular flexibility index (Phi) is 10.7. The van der Waals surface area contributed by atoms with Gasteiger partial charge in [0.25, 0.3) is 5.91 Å². The minimum atomic E-state index is -0.485. The molecule has 30 heavy (non-hydrogen) atoms. The number of halogens is 1. The minimum absolute atomic E-state index is 0. The van der Waals surface area contributed by atoms with Crippen LogP contribution in [0.2, 0.25) is 0 Å². The van der Waals surface area contributed by atoms with Crippen LogP contribution in [0.4, 0.5) is 0 Å². The number of nitrogens with zero attached hydrogens (tertiary/aromatic N) is 2. The van der Waals surface area contributed by atoms with Crippen LogP contribution in [0.5, 0.6) is 5.75 Å². The summed E-state index contributed by atoms with van der Waals surface area (Å²) in [5.74, 6) is 1.65. The Morgan fingerprint density at radius 1 is 1.33 bits per heavy atom. The lowest BCUT2D eigenvalue weighted by Gasteiger charge is -2.34. The van der Waals surface area contributed by atoms with E-state index < -0.39 is 5.91 Å². The van der Waals surface area contributed by atoms with Crippen molar-refractivity contribution in [3.63, 3.8) is 0 Å². The lowest BCUT2D eigenvalue weighted by atomic mass is 10.0. The number of primary amides is 1. The van der Waals surface area contributed by atoms with Gasteiger partial charge in [0.15, 0.2) is 12.6 Å². The molecule has 1 aromatic rings. The number of carbonyl (C=O) groups excluding carboxylic acids is 1. The summed E-state index contributed by atoms with van der Waals surface area (Å²) < 4.78 is 10.8. The highest BCUT2D eigenvalue weighted by molar-refractivity contribution is 14.0. The number of hydrogen-bond acceptors (Lipinski definition) is 5. The predicted molar refractivity (Wildman–Crippen MR) is 128 cm³/mol. The zero-order valence-corrected chi connectivity index (χ0v) is 20.0. The second kappa shape index (κ2) is 13.0. The number of aliphatic imine (C=N–C) groups is 1. The average Bonchev–Trinajstić information content (AvgIpc) is 3.24. The standard InChI is InChI=1S/C21H33N5O3.HI/c1-23-21(24-12-16-3-2-4-19(11-16)29-15-20(22)27)25-18-5-8-26(9-6-18)13-17-7-10-28-14-17;/h2-4,11,17-18H,5-10,12-15H2,1H3,(H2,22,27)(H2,23,24,25);1H. The lowest BCUT2D eigenvalue weighted by Crippen LogP contribution is -2.49. The fourth-order valence-electron chi connectivity index (χ4n) is 3.83. The van der Waals surface area contributed by atoms with Crippen molar-refractivity contribution in [1.82, 2.24) is 15.5 Å². The first-order chi connectivity index (χ1) is 14.1. The summed E-state index contributed by atoms with van der Waals surface area (Å²) in [6.45, 7) is 5.73. The second-order valence-corrected chi connectivity index (χ2v) is 7.78. The number of guanidine groups is 1. The van der Waals surface area contributed by atoms with Crippen LogP contribution in [0.1, 0.15) is 24.8 Å². The van der Waals surface area contributed by atoms with Crippen molar-refractivity contribution in [2.75, 3.05) is 46.5 Å². The van der Waals surface area contributed by atoms with Crippen LogP contribution in [-0.4, -0.2) is 69.3 Å². The zero-order chi connectivity index (χ0) is 20.5. The molecule has 9 heteroatoms.